The third-order valence-corrected chi connectivity index (χ3v) is 3.29. The Kier molecular flexibility index (Phi) is 3.49. The number of pyridine rings is 1. The summed E-state index contributed by atoms with van der Waals surface area (Å²) in [7, 11) is 0. The number of H-pyrrole nitrogens is 1. The number of nitriles is 1. The van der Waals surface area contributed by atoms with E-state index in [1.807, 2.05) is 6.07 Å². The van der Waals surface area contributed by atoms with Crippen molar-refractivity contribution in [3.05, 3.63) is 70.3 Å². The first-order valence-electron chi connectivity index (χ1n) is 6.60. The van der Waals surface area contributed by atoms with Gasteiger partial charge in [-0.3, -0.25) is 9.89 Å². The summed E-state index contributed by atoms with van der Waals surface area (Å²) in [6, 6.07) is 11.6. The zero-order chi connectivity index (χ0) is 16.4. The standard InChI is InChI=1S/C16H10N4O3/c17-7-10-1-3-11(4-2-10)13-9-20(19-15(13)21)14-6-5-12(8-18-14)16(22)23/h1-6,8-9H,(H,19,21)(H,22,23). The van der Waals surface area contributed by atoms with Crippen molar-refractivity contribution in [2.24, 2.45) is 0 Å². The van der Waals surface area contributed by atoms with Crippen LogP contribution >= 0.6 is 0 Å². The van der Waals surface area contributed by atoms with E-state index in [0.29, 0.717) is 22.5 Å². The van der Waals surface area contributed by atoms with Gasteiger partial charge in [0, 0.05) is 12.4 Å². The van der Waals surface area contributed by atoms with Crippen LogP contribution in [0.5, 0.6) is 0 Å². The van der Waals surface area contributed by atoms with E-state index in [4.69, 9.17) is 10.4 Å². The zero-order valence-corrected chi connectivity index (χ0v) is 11.7. The van der Waals surface area contributed by atoms with Crippen molar-refractivity contribution in [1.29, 1.82) is 5.26 Å². The molecule has 112 valence electrons. The van der Waals surface area contributed by atoms with Crippen LogP contribution in [0.3, 0.4) is 0 Å². The Morgan fingerprint density at radius 2 is 1.96 bits per heavy atom. The van der Waals surface area contributed by atoms with E-state index in [1.165, 1.54) is 23.0 Å². The van der Waals surface area contributed by atoms with Crippen LogP contribution in [0.4, 0.5) is 0 Å². The van der Waals surface area contributed by atoms with Crippen LogP contribution in [-0.2, 0) is 0 Å². The summed E-state index contributed by atoms with van der Waals surface area (Å²) in [5.74, 6) is -0.671. The fourth-order valence-corrected chi connectivity index (χ4v) is 2.10. The SMILES string of the molecule is N#Cc1ccc(-c2cn(-c3ccc(C(=O)O)cn3)[nH]c2=O)cc1. The number of nitrogens with one attached hydrogen (secondary N) is 1. The molecule has 3 rings (SSSR count). The summed E-state index contributed by atoms with van der Waals surface area (Å²) in [4.78, 5) is 26.9. The first-order chi connectivity index (χ1) is 11.1. The number of carboxylic acid groups (broad SMARTS) is 1. The van der Waals surface area contributed by atoms with E-state index in [1.54, 1.807) is 30.5 Å². The Labute approximate surface area is 130 Å². The molecule has 23 heavy (non-hydrogen) atoms. The molecule has 0 bridgehead atoms. The van der Waals surface area contributed by atoms with E-state index in [9.17, 15) is 9.59 Å². The lowest BCUT2D eigenvalue weighted by molar-refractivity contribution is 0.0696. The number of aromatic amines is 1. The number of aromatic carboxylic acids is 1. The molecule has 0 spiro atoms. The molecule has 2 heterocycles. The first-order valence-corrected chi connectivity index (χ1v) is 6.60. The summed E-state index contributed by atoms with van der Waals surface area (Å²) in [5, 5.41) is 20.3. The quantitative estimate of drug-likeness (QED) is 0.766. The van der Waals surface area contributed by atoms with Crippen LogP contribution in [0.25, 0.3) is 16.9 Å². The summed E-state index contributed by atoms with van der Waals surface area (Å²) in [6.45, 7) is 0. The molecule has 1 aromatic carbocycles. The molecule has 0 aliphatic carbocycles. The topological polar surface area (TPSA) is 112 Å². The first kappa shape index (κ1) is 14.3. The van der Waals surface area contributed by atoms with E-state index >= 15 is 0 Å². The second-order valence-corrected chi connectivity index (χ2v) is 4.75. The molecule has 7 heteroatoms. The molecule has 2 N–H and O–H groups in total. The molecule has 0 fully saturated rings. The van der Waals surface area contributed by atoms with Gasteiger partial charge in [-0.2, -0.15) is 5.26 Å². The van der Waals surface area contributed by atoms with E-state index in [2.05, 4.69) is 10.1 Å². The molecule has 0 saturated heterocycles. The fraction of sp³-hybridized carbons (Fsp3) is 0. The average Bonchev–Trinajstić information content (AvgIpc) is 2.97. The summed E-state index contributed by atoms with van der Waals surface area (Å²) < 4.78 is 1.42. The Morgan fingerprint density at radius 3 is 2.52 bits per heavy atom. The number of carbonyl (C=O) groups is 1. The molecule has 0 amide bonds. The van der Waals surface area contributed by atoms with Gasteiger partial charge in [0.25, 0.3) is 5.56 Å². The van der Waals surface area contributed by atoms with Gasteiger partial charge >= 0.3 is 5.97 Å². The highest BCUT2D eigenvalue weighted by atomic mass is 16.4. The lowest BCUT2D eigenvalue weighted by Gasteiger charge is -2.01. The number of nitrogens with zero attached hydrogens (tertiary/aromatic N) is 3. The Bertz CT molecular complexity index is 960. The number of carboxylic acids is 1. The van der Waals surface area contributed by atoms with Crippen LogP contribution < -0.4 is 5.56 Å². The molecule has 7 nitrogen and oxygen atoms in total. The van der Waals surface area contributed by atoms with Crippen molar-refractivity contribution in [3.8, 4) is 23.0 Å². The van der Waals surface area contributed by atoms with E-state index in [-0.39, 0.29) is 11.1 Å². The van der Waals surface area contributed by atoms with Gasteiger partial charge in [-0.05, 0) is 29.8 Å². The van der Waals surface area contributed by atoms with Gasteiger partial charge in [-0.25, -0.2) is 14.5 Å². The summed E-state index contributed by atoms with van der Waals surface area (Å²) in [5.41, 5.74) is 1.37. The van der Waals surface area contributed by atoms with Crippen LogP contribution in [0.2, 0.25) is 0 Å². The fourth-order valence-electron chi connectivity index (χ4n) is 2.10. The van der Waals surface area contributed by atoms with Crippen LogP contribution in [-0.4, -0.2) is 25.8 Å². The van der Waals surface area contributed by atoms with Gasteiger partial charge in [0.1, 0.15) is 0 Å². The Morgan fingerprint density at radius 1 is 1.22 bits per heavy atom. The number of hydrogen-bond acceptors (Lipinski definition) is 4. The van der Waals surface area contributed by atoms with Gasteiger partial charge in [-0.1, -0.05) is 12.1 Å². The van der Waals surface area contributed by atoms with Gasteiger partial charge < -0.3 is 5.11 Å². The van der Waals surface area contributed by atoms with Crippen LogP contribution in [0.1, 0.15) is 15.9 Å². The normalized spacial score (nSPS) is 10.2. The van der Waals surface area contributed by atoms with Gasteiger partial charge in [0.2, 0.25) is 0 Å². The second kappa shape index (κ2) is 5.61. The Hall–Kier alpha value is -3.66. The Balaban J connectivity index is 1.98. The number of benzene rings is 1. The smallest absolute Gasteiger partial charge is 0.337 e. The minimum atomic E-state index is -1.07. The molecule has 0 radical (unpaired) electrons. The number of hydrogen-bond donors (Lipinski definition) is 2. The lowest BCUT2D eigenvalue weighted by atomic mass is 10.1. The molecule has 0 aliphatic heterocycles. The second-order valence-electron chi connectivity index (χ2n) is 4.75. The molecule has 2 aromatic heterocycles. The number of aromatic nitrogens is 3. The highest BCUT2D eigenvalue weighted by Crippen LogP contribution is 2.17. The third kappa shape index (κ3) is 2.73. The van der Waals surface area contributed by atoms with E-state index < -0.39 is 5.97 Å². The van der Waals surface area contributed by atoms with Crippen molar-refractivity contribution >= 4 is 5.97 Å². The van der Waals surface area contributed by atoms with E-state index in [0.717, 1.165) is 0 Å². The van der Waals surface area contributed by atoms with Gasteiger partial charge in [0.15, 0.2) is 5.82 Å². The molecular formula is C16H10N4O3. The van der Waals surface area contributed by atoms with Crippen LogP contribution in [0.15, 0.2) is 53.6 Å². The van der Waals surface area contributed by atoms with Gasteiger partial charge in [-0.15, -0.1) is 0 Å². The molecule has 0 atom stereocenters. The maximum Gasteiger partial charge on any atom is 0.337 e. The molecular weight excluding hydrogens is 296 g/mol. The van der Waals surface area contributed by atoms with Crippen molar-refractivity contribution < 1.29 is 9.90 Å². The minimum absolute atomic E-state index is 0.0653. The minimum Gasteiger partial charge on any atom is -0.478 e. The highest BCUT2D eigenvalue weighted by Gasteiger charge is 2.10. The van der Waals surface area contributed by atoms with Crippen molar-refractivity contribution in [2.75, 3.05) is 0 Å². The summed E-state index contributed by atoms with van der Waals surface area (Å²) in [6.07, 6.45) is 2.80. The predicted octanol–water partition coefficient (Wildman–Crippen LogP) is 1.80. The van der Waals surface area contributed by atoms with Gasteiger partial charge in [0.05, 0.1) is 22.8 Å². The van der Waals surface area contributed by atoms with Crippen molar-refractivity contribution in [1.82, 2.24) is 14.8 Å². The summed E-state index contributed by atoms with van der Waals surface area (Å²) >= 11 is 0. The third-order valence-electron chi connectivity index (χ3n) is 3.29. The molecule has 0 saturated carbocycles. The molecule has 0 aliphatic rings. The zero-order valence-electron chi connectivity index (χ0n) is 11.7. The van der Waals surface area contributed by atoms with Crippen molar-refractivity contribution in [2.45, 2.75) is 0 Å². The van der Waals surface area contributed by atoms with Crippen LogP contribution in [0, 0.1) is 11.3 Å². The number of rotatable bonds is 3. The predicted molar refractivity (Wildman–Crippen MR) is 81.3 cm³/mol. The lowest BCUT2D eigenvalue weighted by Crippen LogP contribution is -2.07. The molecule has 0 unspecified atom stereocenters. The monoisotopic (exact) mass is 306 g/mol. The highest BCUT2D eigenvalue weighted by molar-refractivity contribution is 5.87. The van der Waals surface area contributed by atoms with Crippen molar-refractivity contribution in [3.63, 3.8) is 0 Å². The maximum atomic E-state index is 12.1. The largest absolute Gasteiger partial charge is 0.478 e. The molecule has 3 aromatic rings. The average molecular weight is 306 g/mol. The maximum absolute atomic E-state index is 12.1.